The minimum absolute atomic E-state index is 0.0523. The topological polar surface area (TPSA) is 55.2 Å². The van der Waals surface area contributed by atoms with E-state index in [9.17, 15) is 9.59 Å². The molecule has 1 aliphatic heterocycles. The molecule has 5 nitrogen and oxygen atoms in total. The largest absolute Gasteiger partial charge is 0.370 e. The summed E-state index contributed by atoms with van der Waals surface area (Å²) in [5.41, 5.74) is 0.886. The van der Waals surface area contributed by atoms with Gasteiger partial charge in [0.15, 0.2) is 0 Å². The molecule has 2 heterocycles. The van der Waals surface area contributed by atoms with Crippen LogP contribution >= 0.6 is 0 Å². The number of ketones is 1. The van der Waals surface area contributed by atoms with Crippen LogP contribution in [0.15, 0.2) is 17.1 Å². The van der Waals surface area contributed by atoms with Crippen LogP contribution in [-0.4, -0.2) is 28.7 Å². The van der Waals surface area contributed by atoms with Crippen molar-refractivity contribution in [1.29, 1.82) is 0 Å². The number of carbonyl (C=O) groups is 1. The SMILES string of the molecule is O=C1CCCC1CCn1ncc(N2CCCCC2)cc1=O. The third-order valence-electron chi connectivity index (χ3n) is 4.70. The van der Waals surface area contributed by atoms with E-state index in [0.29, 0.717) is 18.7 Å². The van der Waals surface area contributed by atoms with Crippen LogP contribution in [0.3, 0.4) is 0 Å². The van der Waals surface area contributed by atoms with Crippen molar-refractivity contribution in [3.63, 3.8) is 0 Å². The zero-order valence-corrected chi connectivity index (χ0v) is 12.5. The molecule has 3 rings (SSSR count). The average molecular weight is 289 g/mol. The molecule has 0 N–H and O–H groups in total. The molecule has 0 amide bonds. The first kappa shape index (κ1) is 14.3. The van der Waals surface area contributed by atoms with E-state index in [-0.39, 0.29) is 11.5 Å². The van der Waals surface area contributed by atoms with E-state index in [1.165, 1.54) is 23.9 Å². The summed E-state index contributed by atoms with van der Waals surface area (Å²) in [5, 5.41) is 4.29. The lowest BCUT2D eigenvalue weighted by Gasteiger charge is -2.28. The third kappa shape index (κ3) is 3.34. The Kier molecular flexibility index (Phi) is 4.36. The third-order valence-corrected chi connectivity index (χ3v) is 4.70. The molecule has 5 heteroatoms. The summed E-state index contributed by atoms with van der Waals surface area (Å²) in [5.74, 6) is 0.494. The van der Waals surface area contributed by atoms with Gasteiger partial charge >= 0.3 is 0 Å². The number of hydrogen-bond acceptors (Lipinski definition) is 4. The van der Waals surface area contributed by atoms with Gasteiger partial charge in [0.1, 0.15) is 5.78 Å². The number of piperidine rings is 1. The summed E-state index contributed by atoms with van der Waals surface area (Å²) in [7, 11) is 0. The van der Waals surface area contributed by atoms with Crippen molar-refractivity contribution in [1.82, 2.24) is 9.78 Å². The van der Waals surface area contributed by atoms with Gasteiger partial charge in [-0.25, -0.2) is 4.68 Å². The van der Waals surface area contributed by atoms with Crippen molar-refractivity contribution < 1.29 is 4.79 Å². The number of Topliss-reactive ketones (excluding diaryl/α,β-unsaturated/α-hetero) is 1. The summed E-state index contributed by atoms with van der Waals surface area (Å²) >= 11 is 0. The van der Waals surface area contributed by atoms with Crippen LogP contribution in [0.5, 0.6) is 0 Å². The summed E-state index contributed by atoms with van der Waals surface area (Å²) in [6, 6.07) is 1.69. The fourth-order valence-electron chi connectivity index (χ4n) is 3.39. The maximum absolute atomic E-state index is 12.2. The first-order valence-corrected chi connectivity index (χ1v) is 8.09. The number of aryl methyl sites for hydroxylation is 1. The number of aromatic nitrogens is 2. The highest BCUT2D eigenvalue weighted by Gasteiger charge is 2.24. The lowest BCUT2D eigenvalue weighted by Crippen LogP contribution is -2.32. The van der Waals surface area contributed by atoms with Gasteiger partial charge in [0, 0.05) is 38.0 Å². The Balaban J connectivity index is 1.64. The molecule has 1 atom stereocenters. The van der Waals surface area contributed by atoms with Gasteiger partial charge in [0.05, 0.1) is 11.9 Å². The van der Waals surface area contributed by atoms with Crippen molar-refractivity contribution in [2.24, 2.45) is 5.92 Å². The second kappa shape index (κ2) is 6.41. The van der Waals surface area contributed by atoms with Crippen LogP contribution < -0.4 is 10.5 Å². The van der Waals surface area contributed by atoms with Crippen LogP contribution in [0.25, 0.3) is 0 Å². The quantitative estimate of drug-likeness (QED) is 0.850. The van der Waals surface area contributed by atoms with Gasteiger partial charge in [-0.1, -0.05) is 0 Å². The maximum atomic E-state index is 12.2. The molecular formula is C16H23N3O2. The molecule has 2 aliphatic rings. The fraction of sp³-hybridized carbons (Fsp3) is 0.688. The van der Waals surface area contributed by atoms with Gasteiger partial charge in [-0.15, -0.1) is 0 Å². The number of anilines is 1. The van der Waals surface area contributed by atoms with Gasteiger partial charge in [-0.2, -0.15) is 5.10 Å². The maximum Gasteiger partial charge on any atom is 0.268 e. The van der Waals surface area contributed by atoms with Crippen molar-refractivity contribution in [3.05, 3.63) is 22.6 Å². The second-order valence-electron chi connectivity index (χ2n) is 6.17. The molecule has 114 valence electrons. The molecule has 21 heavy (non-hydrogen) atoms. The highest BCUT2D eigenvalue weighted by Crippen LogP contribution is 2.24. The van der Waals surface area contributed by atoms with E-state index in [0.717, 1.165) is 38.0 Å². The zero-order valence-electron chi connectivity index (χ0n) is 12.5. The lowest BCUT2D eigenvalue weighted by molar-refractivity contribution is -0.120. The molecule has 1 saturated heterocycles. The molecule has 1 aliphatic carbocycles. The van der Waals surface area contributed by atoms with Gasteiger partial charge in [-0.05, 0) is 38.5 Å². The summed E-state index contributed by atoms with van der Waals surface area (Å²) in [6.45, 7) is 2.58. The van der Waals surface area contributed by atoms with E-state index in [4.69, 9.17) is 0 Å². The number of rotatable bonds is 4. The van der Waals surface area contributed by atoms with Crippen LogP contribution in [0.4, 0.5) is 5.69 Å². The number of carbonyl (C=O) groups excluding carboxylic acids is 1. The normalized spacial score (nSPS) is 22.8. The summed E-state index contributed by atoms with van der Waals surface area (Å²) in [6.07, 6.45) is 8.87. The summed E-state index contributed by atoms with van der Waals surface area (Å²) in [4.78, 5) is 26.0. The van der Waals surface area contributed by atoms with Crippen molar-refractivity contribution in [3.8, 4) is 0 Å². The Morgan fingerprint density at radius 1 is 1.14 bits per heavy atom. The Morgan fingerprint density at radius 2 is 1.95 bits per heavy atom. The molecule has 0 aromatic carbocycles. The molecule has 0 spiro atoms. The van der Waals surface area contributed by atoms with E-state index < -0.39 is 0 Å². The number of hydrogen-bond donors (Lipinski definition) is 0. The second-order valence-corrected chi connectivity index (χ2v) is 6.17. The van der Waals surface area contributed by atoms with E-state index in [1.54, 1.807) is 12.3 Å². The summed E-state index contributed by atoms with van der Waals surface area (Å²) < 4.78 is 1.50. The Morgan fingerprint density at radius 3 is 2.62 bits per heavy atom. The monoisotopic (exact) mass is 289 g/mol. The predicted molar refractivity (Wildman–Crippen MR) is 81.5 cm³/mol. The lowest BCUT2D eigenvalue weighted by atomic mass is 10.0. The smallest absolute Gasteiger partial charge is 0.268 e. The molecule has 1 saturated carbocycles. The first-order valence-electron chi connectivity index (χ1n) is 8.09. The van der Waals surface area contributed by atoms with Crippen LogP contribution in [-0.2, 0) is 11.3 Å². The minimum Gasteiger partial charge on any atom is -0.370 e. The van der Waals surface area contributed by atoms with Crippen molar-refractivity contribution >= 4 is 11.5 Å². The highest BCUT2D eigenvalue weighted by atomic mass is 16.1. The van der Waals surface area contributed by atoms with Gasteiger partial charge in [0.25, 0.3) is 5.56 Å². The molecule has 0 bridgehead atoms. The molecule has 0 radical (unpaired) electrons. The highest BCUT2D eigenvalue weighted by molar-refractivity contribution is 5.82. The van der Waals surface area contributed by atoms with Crippen LogP contribution in [0, 0.1) is 5.92 Å². The molecule has 1 aromatic rings. The fourth-order valence-corrected chi connectivity index (χ4v) is 3.39. The van der Waals surface area contributed by atoms with Crippen LogP contribution in [0.2, 0.25) is 0 Å². The van der Waals surface area contributed by atoms with Gasteiger partial charge in [0.2, 0.25) is 0 Å². The molecular weight excluding hydrogens is 266 g/mol. The minimum atomic E-state index is -0.0523. The van der Waals surface area contributed by atoms with Crippen molar-refractivity contribution in [2.45, 2.75) is 51.5 Å². The zero-order chi connectivity index (χ0) is 14.7. The van der Waals surface area contributed by atoms with Gasteiger partial charge in [-0.3, -0.25) is 9.59 Å². The molecule has 1 aromatic heterocycles. The first-order chi connectivity index (χ1) is 10.2. The molecule has 1 unspecified atom stereocenters. The standard InChI is InChI=1S/C16H23N3O2/c20-15-6-4-5-13(15)7-10-19-16(21)11-14(12-17-19)18-8-2-1-3-9-18/h11-13H,1-10H2. The predicted octanol–water partition coefficient (Wildman–Crippen LogP) is 1.99. The Labute approximate surface area is 124 Å². The molecule has 2 fully saturated rings. The average Bonchev–Trinajstić information content (AvgIpc) is 2.92. The van der Waals surface area contributed by atoms with E-state index in [1.807, 2.05) is 0 Å². The van der Waals surface area contributed by atoms with E-state index in [2.05, 4.69) is 10.00 Å². The number of nitrogens with zero attached hydrogens (tertiary/aromatic N) is 3. The van der Waals surface area contributed by atoms with Crippen molar-refractivity contribution in [2.75, 3.05) is 18.0 Å². The van der Waals surface area contributed by atoms with E-state index >= 15 is 0 Å². The van der Waals surface area contributed by atoms with Crippen LogP contribution in [0.1, 0.15) is 44.9 Å². The Bertz CT molecular complexity index is 561. The Hall–Kier alpha value is -1.65. The van der Waals surface area contributed by atoms with Gasteiger partial charge < -0.3 is 4.90 Å².